The van der Waals surface area contributed by atoms with Crippen molar-refractivity contribution in [3.8, 4) is 0 Å². The smallest absolute Gasteiger partial charge is 0.395 e. The van der Waals surface area contributed by atoms with Gasteiger partial charge in [-0.15, -0.1) is 0 Å². The maximum atomic E-state index is 14.0. The summed E-state index contributed by atoms with van der Waals surface area (Å²) in [6.07, 6.45) is 42.1. The molecule has 1 N–H and O–H groups in total. The predicted octanol–water partition coefficient (Wildman–Crippen LogP) is 17.4. The molecule has 1 aromatic rings. The van der Waals surface area contributed by atoms with Gasteiger partial charge in [0.2, 0.25) is 0 Å². The van der Waals surface area contributed by atoms with Crippen LogP contribution < -0.4 is 0 Å². The molecular formula is C51H97O5P. The molecule has 0 fully saturated rings. The van der Waals surface area contributed by atoms with E-state index in [1.807, 2.05) is 13.8 Å². The lowest BCUT2D eigenvalue weighted by Gasteiger charge is -2.28. The summed E-state index contributed by atoms with van der Waals surface area (Å²) in [5.74, 6) is 0. The number of rotatable bonds is 41. The number of aliphatic hydroxyl groups excluding tert-OH is 1. The number of aliphatic hydroxyl groups is 1. The summed E-state index contributed by atoms with van der Waals surface area (Å²) in [5.41, 5.74) is 2.67. The fourth-order valence-electron chi connectivity index (χ4n) is 7.61. The molecule has 0 heterocycles. The molecule has 0 unspecified atom stereocenters. The van der Waals surface area contributed by atoms with Gasteiger partial charge < -0.3 is 5.11 Å². The summed E-state index contributed by atoms with van der Waals surface area (Å²) in [7, 11) is -3.73. The van der Waals surface area contributed by atoms with Gasteiger partial charge in [-0.2, -0.15) is 0 Å². The minimum Gasteiger partial charge on any atom is -0.395 e. The number of hydrogen-bond acceptors (Lipinski definition) is 5. The van der Waals surface area contributed by atoms with Crippen LogP contribution in [0.4, 0.5) is 0 Å². The lowest BCUT2D eigenvalue weighted by atomic mass is 9.79. The molecule has 0 aliphatic carbocycles. The molecule has 0 radical (unpaired) electrons. The number of hydrogen-bond donors (Lipinski definition) is 1. The van der Waals surface area contributed by atoms with Crippen LogP contribution in [0.3, 0.4) is 0 Å². The molecule has 57 heavy (non-hydrogen) atoms. The summed E-state index contributed by atoms with van der Waals surface area (Å²) in [6.45, 7) is 16.2. The summed E-state index contributed by atoms with van der Waals surface area (Å²) in [6, 6.07) is 6.38. The molecule has 0 spiro atoms. The molecule has 0 amide bonds. The number of phosphoric ester groups is 1. The zero-order valence-corrected chi connectivity index (χ0v) is 40.1. The lowest BCUT2D eigenvalue weighted by Crippen LogP contribution is -2.24. The maximum Gasteiger partial charge on any atom is 0.475 e. The average Bonchev–Trinajstić information content (AvgIpc) is 3.19. The van der Waals surface area contributed by atoms with Crippen molar-refractivity contribution < 1.29 is 23.2 Å². The third-order valence-corrected chi connectivity index (χ3v) is 13.4. The molecule has 0 saturated heterocycles. The predicted molar refractivity (Wildman–Crippen MR) is 249 cm³/mol. The third kappa shape index (κ3) is 30.0. The normalized spacial score (nSPS) is 12.6. The Hall–Kier alpha value is -0.710. The van der Waals surface area contributed by atoms with Gasteiger partial charge in [0, 0.05) is 5.41 Å². The Morgan fingerprint density at radius 3 is 1.04 bits per heavy atom. The molecule has 0 aliphatic heterocycles. The highest BCUT2D eigenvalue weighted by atomic mass is 31.2. The Bertz CT molecular complexity index is 1050. The summed E-state index contributed by atoms with van der Waals surface area (Å²) >= 11 is 0. The van der Waals surface area contributed by atoms with Crippen LogP contribution in [0.25, 0.3) is 0 Å². The number of unbranched alkanes of at least 4 members (excludes halogenated alkanes) is 30. The van der Waals surface area contributed by atoms with Gasteiger partial charge in [0.25, 0.3) is 0 Å². The SMILES string of the molecule is CCCCCCCCCCCCCCCCCCOP(=O)(OCCCCCCCCCCCCCCCCCC)OCc1cc(C(C)(C)C)cc(C(C)(C)CO)c1. The van der Waals surface area contributed by atoms with E-state index in [1.165, 1.54) is 180 Å². The van der Waals surface area contributed by atoms with Gasteiger partial charge in [0.1, 0.15) is 0 Å². The fourth-order valence-corrected chi connectivity index (χ4v) is 8.84. The Balaban J connectivity index is 2.46. The van der Waals surface area contributed by atoms with Crippen molar-refractivity contribution in [1.82, 2.24) is 0 Å². The van der Waals surface area contributed by atoms with Crippen molar-refractivity contribution in [1.29, 1.82) is 0 Å². The number of benzene rings is 1. The van der Waals surface area contributed by atoms with Gasteiger partial charge in [-0.05, 0) is 34.9 Å². The fraction of sp³-hybridized carbons (Fsp3) is 0.882. The summed E-state index contributed by atoms with van der Waals surface area (Å²) in [4.78, 5) is 0. The van der Waals surface area contributed by atoms with Crippen molar-refractivity contribution in [3.05, 3.63) is 34.9 Å². The van der Waals surface area contributed by atoms with Gasteiger partial charge in [0.05, 0.1) is 26.4 Å². The van der Waals surface area contributed by atoms with Crippen molar-refractivity contribution in [2.45, 2.75) is 271 Å². The van der Waals surface area contributed by atoms with Crippen LogP contribution in [0, 0.1) is 0 Å². The van der Waals surface area contributed by atoms with E-state index in [-0.39, 0.29) is 18.6 Å². The van der Waals surface area contributed by atoms with Crippen LogP contribution in [0.1, 0.15) is 271 Å². The first-order valence-corrected chi connectivity index (χ1v) is 26.2. The molecule has 336 valence electrons. The van der Waals surface area contributed by atoms with Crippen LogP contribution in [-0.4, -0.2) is 24.9 Å². The molecule has 0 bridgehead atoms. The van der Waals surface area contributed by atoms with Gasteiger partial charge in [-0.3, -0.25) is 13.6 Å². The largest absolute Gasteiger partial charge is 0.475 e. The first-order chi connectivity index (χ1) is 27.5. The number of phosphoric acid groups is 1. The Morgan fingerprint density at radius 2 is 0.737 bits per heavy atom. The monoisotopic (exact) mass is 821 g/mol. The first-order valence-electron chi connectivity index (χ1n) is 24.8. The van der Waals surface area contributed by atoms with E-state index in [0.717, 1.165) is 42.4 Å². The molecule has 0 aromatic heterocycles. The summed E-state index contributed by atoms with van der Waals surface area (Å²) in [5, 5.41) is 10.1. The molecule has 1 rings (SSSR count). The Morgan fingerprint density at radius 1 is 0.439 bits per heavy atom. The molecule has 5 nitrogen and oxygen atoms in total. The van der Waals surface area contributed by atoms with Crippen molar-refractivity contribution in [2.24, 2.45) is 0 Å². The van der Waals surface area contributed by atoms with Crippen LogP contribution in [0.2, 0.25) is 0 Å². The molecule has 1 aromatic carbocycles. The topological polar surface area (TPSA) is 65.0 Å². The Labute approximate surface area is 356 Å². The van der Waals surface area contributed by atoms with Gasteiger partial charge in [0.15, 0.2) is 0 Å². The summed E-state index contributed by atoms with van der Waals surface area (Å²) < 4.78 is 32.1. The Kier molecular flexibility index (Phi) is 33.3. The van der Waals surface area contributed by atoms with E-state index in [9.17, 15) is 9.67 Å². The zero-order chi connectivity index (χ0) is 41.9. The van der Waals surface area contributed by atoms with Crippen molar-refractivity contribution >= 4 is 7.82 Å². The van der Waals surface area contributed by atoms with Crippen LogP contribution in [-0.2, 0) is 35.6 Å². The standard InChI is InChI=1S/C51H97O5P/c1-8-10-12-14-16-18-20-22-24-26-28-30-32-34-36-38-40-54-57(53,56-45-47-42-48(50(3,4)5)44-49(43-47)51(6,7)46-52)55-41-39-37-35-33-31-29-27-25-23-21-19-17-15-13-11-9-2/h42-44,52H,8-41,45-46H2,1-7H3. The molecule has 6 heteroatoms. The van der Waals surface area contributed by atoms with Crippen molar-refractivity contribution in [2.75, 3.05) is 19.8 Å². The highest BCUT2D eigenvalue weighted by Gasteiger charge is 2.28. The van der Waals surface area contributed by atoms with E-state index in [0.29, 0.717) is 13.2 Å². The molecular weight excluding hydrogens is 724 g/mol. The minimum atomic E-state index is -3.73. The van der Waals surface area contributed by atoms with Crippen LogP contribution in [0.5, 0.6) is 0 Å². The van der Waals surface area contributed by atoms with Crippen molar-refractivity contribution in [3.63, 3.8) is 0 Å². The van der Waals surface area contributed by atoms with E-state index in [4.69, 9.17) is 13.6 Å². The minimum absolute atomic E-state index is 0.0459. The van der Waals surface area contributed by atoms with E-state index < -0.39 is 13.2 Å². The third-order valence-electron chi connectivity index (χ3n) is 11.9. The second-order valence-electron chi connectivity index (χ2n) is 19.2. The lowest BCUT2D eigenvalue weighted by molar-refractivity contribution is 0.105. The van der Waals surface area contributed by atoms with Crippen LogP contribution in [0.15, 0.2) is 18.2 Å². The second-order valence-corrected chi connectivity index (χ2v) is 20.9. The van der Waals surface area contributed by atoms with Gasteiger partial charge in [-0.1, -0.05) is 259 Å². The van der Waals surface area contributed by atoms with E-state index >= 15 is 0 Å². The van der Waals surface area contributed by atoms with Gasteiger partial charge in [-0.25, -0.2) is 4.57 Å². The van der Waals surface area contributed by atoms with Gasteiger partial charge >= 0.3 is 7.82 Å². The van der Waals surface area contributed by atoms with E-state index in [2.05, 4.69) is 52.8 Å². The highest BCUT2D eigenvalue weighted by Crippen LogP contribution is 2.51. The molecule has 0 saturated carbocycles. The zero-order valence-electron chi connectivity index (χ0n) is 39.2. The highest BCUT2D eigenvalue weighted by molar-refractivity contribution is 7.48. The first kappa shape index (κ1) is 54.3. The second kappa shape index (κ2) is 34.9. The van der Waals surface area contributed by atoms with Crippen LogP contribution >= 0.6 is 7.82 Å². The van der Waals surface area contributed by atoms with E-state index in [1.54, 1.807) is 0 Å². The quantitative estimate of drug-likeness (QED) is 0.0526. The average molecular weight is 821 g/mol. The molecule has 0 atom stereocenters. The molecule has 0 aliphatic rings. The maximum absolute atomic E-state index is 14.0.